The molecular formula is C43H47N9O5. The molecule has 57 heavy (non-hydrogen) atoms. The lowest BCUT2D eigenvalue weighted by Gasteiger charge is -2.45. The zero-order valence-corrected chi connectivity index (χ0v) is 32.3. The van der Waals surface area contributed by atoms with Crippen molar-refractivity contribution in [1.29, 1.82) is 0 Å². The highest BCUT2D eigenvalue weighted by Gasteiger charge is 2.45. The van der Waals surface area contributed by atoms with Crippen molar-refractivity contribution in [2.75, 3.05) is 86.7 Å². The van der Waals surface area contributed by atoms with Crippen molar-refractivity contribution in [3.05, 3.63) is 88.4 Å². The Morgan fingerprint density at radius 1 is 0.825 bits per heavy atom. The van der Waals surface area contributed by atoms with Crippen molar-refractivity contribution >= 4 is 52.4 Å². The highest BCUT2D eigenvalue weighted by molar-refractivity contribution is 6.23. The molecule has 1 N–H and O–H groups in total. The number of piperazine rings is 1. The third kappa shape index (κ3) is 6.88. The van der Waals surface area contributed by atoms with Gasteiger partial charge in [-0.25, -0.2) is 0 Å². The fraction of sp³-hybridized carbons (Fsp3) is 0.465. The lowest BCUT2D eigenvalue weighted by atomic mass is 9.77. The van der Waals surface area contributed by atoms with Crippen molar-refractivity contribution in [2.45, 2.75) is 45.1 Å². The van der Waals surface area contributed by atoms with Crippen molar-refractivity contribution < 1.29 is 24.0 Å². The van der Waals surface area contributed by atoms with E-state index in [1.54, 1.807) is 12.1 Å². The molecule has 2 aromatic carbocycles. The molecule has 294 valence electrons. The van der Waals surface area contributed by atoms with Gasteiger partial charge in [-0.2, -0.15) is 0 Å². The predicted molar refractivity (Wildman–Crippen MR) is 214 cm³/mol. The van der Waals surface area contributed by atoms with Crippen LogP contribution in [0.1, 0.15) is 68.7 Å². The topological polar surface area (TPSA) is 134 Å². The maximum Gasteiger partial charge on any atom is 0.272 e. The van der Waals surface area contributed by atoms with E-state index in [1.165, 1.54) is 0 Å². The molecule has 1 atom stereocenters. The summed E-state index contributed by atoms with van der Waals surface area (Å²) in [6.07, 6.45) is 5.16. The molecule has 1 unspecified atom stereocenters. The van der Waals surface area contributed by atoms with Gasteiger partial charge >= 0.3 is 0 Å². The Morgan fingerprint density at radius 3 is 2.23 bits per heavy atom. The molecule has 0 saturated carbocycles. The summed E-state index contributed by atoms with van der Waals surface area (Å²) in [7, 11) is 0. The van der Waals surface area contributed by atoms with Crippen molar-refractivity contribution in [3.8, 4) is 0 Å². The van der Waals surface area contributed by atoms with E-state index in [4.69, 9.17) is 6.57 Å². The SMILES string of the molecule is [C-]#[N+]c1ncc(N2CCC3(CCN(C(=O)c4ccc(N5CCN(CC6CN(c7ccc8c(c7)C(=O)N(C7CCC(=O)NC7=O)C8=O)C6)CC5)cc4)CC3)C2)cc1C. The van der Waals surface area contributed by atoms with Crippen LogP contribution < -0.4 is 20.0 Å². The first-order chi connectivity index (χ1) is 27.6. The number of nitrogens with zero attached hydrogens (tertiary/aromatic N) is 8. The van der Waals surface area contributed by atoms with E-state index < -0.39 is 23.8 Å². The second-order valence-corrected chi connectivity index (χ2v) is 16.7. The van der Waals surface area contributed by atoms with Crippen LogP contribution in [0.3, 0.4) is 0 Å². The number of aromatic nitrogens is 1. The summed E-state index contributed by atoms with van der Waals surface area (Å²) in [5, 5.41) is 2.24. The molecule has 5 fully saturated rings. The molecule has 14 heteroatoms. The maximum atomic E-state index is 13.5. The van der Waals surface area contributed by atoms with Crippen LogP contribution in [-0.4, -0.2) is 127 Å². The third-order valence-corrected chi connectivity index (χ3v) is 13.2. The molecule has 7 heterocycles. The number of carbonyl (C=O) groups is 5. The van der Waals surface area contributed by atoms with Gasteiger partial charge in [0.2, 0.25) is 11.8 Å². The molecule has 1 spiro atoms. The zero-order valence-electron chi connectivity index (χ0n) is 32.3. The number of hydrogen-bond acceptors (Lipinski definition) is 10. The van der Waals surface area contributed by atoms with E-state index in [0.717, 1.165) is 124 Å². The molecule has 6 aliphatic rings. The van der Waals surface area contributed by atoms with Crippen LogP contribution in [0.25, 0.3) is 4.85 Å². The Labute approximate surface area is 332 Å². The van der Waals surface area contributed by atoms with Crippen LogP contribution in [0.2, 0.25) is 0 Å². The number of nitrogens with one attached hydrogen (secondary N) is 1. The first kappa shape index (κ1) is 36.8. The summed E-state index contributed by atoms with van der Waals surface area (Å²) >= 11 is 0. The fourth-order valence-corrected chi connectivity index (χ4v) is 9.69. The number of likely N-dealkylation sites (tertiary alicyclic amines) is 1. The van der Waals surface area contributed by atoms with Crippen LogP contribution in [0.5, 0.6) is 0 Å². The average Bonchev–Trinajstić information content (AvgIpc) is 3.73. The molecule has 0 radical (unpaired) electrons. The van der Waals surface area contributed by atoms with Gasteiger partial charge in [-0.15, -0.1) is 4.98 Å². The first-order valence-electron chi connectivity index (χ1n) is 20.1. The van der Waals surface area contributed by atoms with Crippen LogP contribution in [0, 0.1) is 24.8 Å². The number of aryl methyl sites for hydroxylation is 1. The standard InChI is InChI=1S/C43H47N9O5/c1-28-21-33(23-45-38(28)44-2)50-16-13-43(27-50)11-14-49(15-12-43)40(55)30-3-5-31(6-4-30)48-19-17-47(18-20-48)24-29-25-51(26-29)32-7-8-34-35(22-32)42(57)52(41(34)56)36-9-10-37(53)46-39(36)54/h3-8,21-23,29,36H,9-20,24-27H2,1H3,(H,46,53,54). The average molecular weight is 770 g/mol. The molecule has 5 amide bonds. The van der Waals surface area contributed by atoms with Crippen LogP contribution in [0.4, 0.5) is 22.9 Å². The van der Waals surface area contributed by atoms with Gasteiger partial charge in [-0.05, 0) is 92.1 Å². The minimum absolute atomic E-state index is 0.0957. The summed E-state index contributed by atoms with van der Waals surface area (Å²) in [6.45, 7) is 19.2. The van der Waals surface area contributed by atoms with Gasteiger partial charge < -0.3 is 24.4 Å². The van der Waals surface area contributed by atoms with Gasteiger partial charge in [0.15, 0.2) is 0 Å². The number of carbonyl (C=O) groups excluding carboxylic acids is 5. The lowest BCUT2D eigenvalue weighted by Crippen LogP contribution is -2.55. The second kappa shape index (κ2) is 14.6. The van der Waals surface area contributed by atoms with Crippen molar-refractivity contribution in [1.82, 2.24) is 25.0 Å². The number of fused-ring (bicyclic) bond motifs is 1. The Hall–Kier alpha value is -5.81. The highest BCUT2D eigenvalue weighted by Crippen LogP contribution is 2.42. The summed E-state index contributed by atoms with van der Waals surface area (Å²) in [4.78, 5) is 84.3. The first-order valence-corrected chi connectivity index (χ1v) is 20.1. The highest BCUT2D eigenvalue weighted by atomic mass is 16.2. The molecular weight excluding hydrogens is 723 g/mol. The number of imide groups is 2. The monoisotopic (exact) mass is 769 g/mol. The molecule has 14 nitrogen and oxygen atoms in total. The smallest absolute Gasteiger partial charge is 0.272 e. The minimum atomic E-state index is -0.966. The number of hydrogen-bond donors (Lipinski definition) is 1. The van der Waals surface area contributed by atoms with Gasteiger partial charge in [-0.3, -0.25) is 39.1 Å². The van der Waals surface area contributed by atoms with Gasteiger partial charge in [0.05, 0.1) is 16.8 Å². The van der Waals surface area contributed by atoms with Gasteiger partial charge in [0.25, 0.3) is 23.5 Å². The van der Waals surface area contributed by atoms with Crippen LogP contribution in [-0.2, 0) is 9.59 Å². The normalized spacial score (nSPS) is 22.5. The Balaban J connectivity index is 0.717. The Bertz CT molecular complexity index is 2180. The number of piperidine rings is 2. The van der Waals surface area contributed by atoms with E-state index in [1.807, 2.05) is 36.2 Å². The van der Waals surface area contributed by atoms with Crippen LogP contribution in [0.15, 0.2) is 54.7 Å². The van der Waals surface area contributed by atoms with Gasteiger partial charge in [-0.1, -0.05) is 6.57 Å². The minimum Gasteiger partial charge on any atom is -0.371 e. The van der Waals surface area contributed by atoms with E-state index in [2.05, 4.69) is 52.9 Å². The lowest BCUT2D eigenvalue weighted by molar-refractivity contribution is -0.136. The van der Waals surface area contributed by atoms with E-state index in [9.17, 15) is 24.0 Å². The fourth-order valence-electron chi connectivity index (χ4n) is 9.69. The van der Waals surface area contributed by atoms with E-state index in [0.29, 0.717) is 22.9 Å². The molecule has 3 aromatic rings. The number of anilines is 3. The largest absolute Gasteiger partial charge is 0.371 e. The van der Waals surface area contributed by atoms with E-state index >= 15 is 0 Å². The number of pyridine rings is 1. The predicted octanol–water partition coefficient (Wildman–Crippen LogP) is 3.73. The van der Waals surface area contributed by atoms with Crippen LogP contribution >= 0.6 is 0 Å². The zero-order chi connectivity index (χ0) is 39.4. The summed E-state index contributed by atoms with van der Waals surface area (Å²) < 4.78 is 0. The molecule has 0 bridgehead atoms. The molecule has 6 aliphatic heterocycles. The number of rotatable bonds is 7. The molecule has 1 aromatic heterocycles. The molecule has 9 rings (SSSR count). The Kier molecular flexibility index (Phi) is 9.43. The second-order valence-electron chi connectivity index (χ2n) is 16.7. The summed E-state index contributed by atoms with van der Waals surface area (Å²) in [5.74, 6) is -0.895. The summed E-state index contributed by atoms with van der Waals surface area (Å²) in [5.41, 5.74) is 5.59. The summed E-state index contributed by atoms with van der Waals surface area (Å²) in [6, 6.07) is 14.5. The van der Waals surface area contributed by atoms with Crippen molar-refractivity contribution in [3.63, 3.8) is 0 Å². The third-order valence-electron chi connectivity index (χ3n) is 13.2. The van der Waals surface area contributed by atoms with E-state index in [-0.39, 0.29) is 30.1 Å². The Morgan fingerprint density at radius 2 is 1.53 bits per heavy atom. The number of benzene rings is 2. The van der Waals surface area contributed by atoms with Crippen molar-refractivity contribution in [2.24, 2.45) is 11.3 Å². The maximum absolute atomic E-state index is 13.5. The van der Waals surface area contributed by atoms with Gasteiger partial charge in [0.1, 0.15) is 12.2 Å². The van der Waals surface area contributed by atoms with Gasteiger partial charge in [0, 0.05) is 101 Å². The quantitative estimate of drug-likeness (QED) is 0.280. The molecule has 5 saturated heterocycles. The number of amides is 5. The molecule has 0 aliphatic carbocycles.